The van der Waals surface area contributed by atoms with E-state index in [0.29, 0.717) is 12.3 Å². The van der Waals surface area contributed by atoms with Gasteiger partial charge in [-0.2, -0.15) is 0 Å². The van der Waals surface area contributed by atoms with Crippen molar-refractivity contribution in [1.29, 1.82) is 0 Å². The molecule has 138 valence electrons. The average molecular weight is 354 g/mol. The molecule has 3 rings (SSSR count). The summed E-state index contributed by atoms with van der Waals surface area (Å²) in [5.41, 5.74) is 2.19. The van der Waals surface area contributed by atoms with E-state index in [9.17, 15) is 9.90 Å². The van der Waals surface area contributed by atoms with Crippen molar-refractivity contribution in [2.75, 3.05) is 20.2 Å². The maximum Gasteiger partial charge on any atom is 0.224 e. The Labute approximate surface area is 154 Å². The van der Waals surface area contributed by atoms with Crippen LogP contribution in [0.1, 0.15) is 24.0 Å². The number of hydrogen-bond acceptors (Lipinski definition) is 4. The van der Waals surface area contributed by atoms with Gasteiger partial charge in [0.2, 0.25) is 5.91 Å². The highest BCUT2D eigenvalue weighted by Crippen LogP contribution is 2.26. The molecule has 1 fully saturated rings. The SMILES string of the molecule is COc1cc(CNC(=O)C2CCCN(Cc3ccccc3)C2)ccc1O. The van der Waals surface area contributed by atoms with Crippen LogP contribution in [-0.2, 0) is 17.9 Å². The third-order valence-electron chi connectivity index (χ3n) is 4.84. The van der Waals surface area contributed by atoms with Crippen LogP contribution in [0, 0.1) is 5.92 Å². The molecule has 0 spiro atoms. The van der Waals surface area contributed by atoms with Crippen LogP contribution in [0.2, 0.25) is 0 Å². The van der Waals surface area contributed by atoms with E-state index in [-0.39, 0.29) is 17.6 Å². The minimum Gasteiger partial charge on any atom is -0.504 e. The number of phenols is 1. The van der Waals surface area contributed by atoms with Crippen molar-refractivity contribution in [2.45, 2.75) is 25.9 Å². The first kappa shape index (κ1) is 18.3. The maximum absolute atomic E-state index is 12.6. The van der Waals surface area contributed by atoms with Gasteiger partial charge in [-0.25, -0.2) is 0 Å². The molecule has 1 unspecified atom stereocenters. The molecular weight excluding hydrogens is 328 g/mol. The van der Waals surface area contributed by atoms with E-state index < -0.39 is 0 Å². The number of aromatic hydroxyl groups is 1. The Bertz CT molecular complexity index is 733. The maximum atomic E-state index is 12.6. The first-order valence-corrected chi connectivity index (χ1v) is 9.05. The standard InChI is InChI=1S/C21H26N2O3/c1-26-20-12-17(9-10-19(20)24)13-22-21(25)18-8-5-11-23(15-18)14-16-6-3-2-4-7-16/h2-4,6-7,9-10,12,18,24H,5,8,11,13-15H2,1H3,(H,22,25). The van der Waals surface area contributed by atoms with E-state index in [0.717, 1.165) is 38.0 Å². The highest BCUT2D eigenvalue weighted by Gasteiger charge is 2.25. The molecule has 2 aromatic rings. The van der Waals surface area contributed by atoms with Gasteiger partial charge in [0.05, 0.1) is 13.0 Å². The van der Waals surface area contributed by atoms with Crippen LogP contribution < -0.4 is 10.1 Å². The average Bonchev–Trinajstić information content (AvgIpc) is 2.68. The number of nitrogens with zero attached hydrogens (tertiary/aromatic N) is 1. The Balaban J connectivity index is 1.52. The molecule has 1 atom stereocenters. The molecule has 0 aliphatic carbocycles. The summed E-state index contributed by atoms with van der Waals surface area (Å²) >= 11 is 0. The molecule has 2 N–H and O–H groups in total. The van der Waals surface area contributed by atoms with Crippen LogP contribution in [0.5, 0.6) is 11.5 Å². The molecule has 0 aromatic heterocycles. The summed E-state index contributed by atoms with van der Waals surface area (Å²) in [6.45, 7) is 3.15. The summed E-state index contributed by atoms with van der Waals surface area (Å²) in [7, 11) is 1.51. The Kier molecular flexibility index (Phi) is 6.12. The van der Waals surface area contributed by atoms with Gasteiger partial charge in [0.25, 0.3) is 0 Å². The molecule has 1 aliphatic rings. The van der Waals surface area contributed by atoms with E-state index in [4.69, 9.17) is 4.74 Å². The van der Waals surface area contributed by atoms with Gasteiger partial charge in [0, 0.05) is 19.6 Å². The summed E-state index contributed by atoms with van der Waals surface area (Å²) in [5.74, 6) is 0.635. The van der Waals surface area contributed by atoms with Crippen LogP contribution in [0.15, 0.2) is 48.5 Å². The fourth-order valence-electron chi connectivity index (χ4n) is 3.42. The van der Waals surface area contributed by atoms with Crippen molar-refractivity contribution in [2.24, 2.45) is 5.92 Å². The predicted octanol–water partition coefficient (Wildman–Crippen LogP) is 2.93. The van der Waals surface area contributed by atoms with Crippen molar-refractivity contribution in [1.82, 2.24) is 10.2 Å². The van der Waals surface area contributed by atoms with Gasteiger partial charge in [-0.05, 0) is 42.6 Å². The molecule has 2 aromatic carbocycles. The van der Waals surface area contributed by atoms with Gasteiger partial charge in [0.1, 0.15) is 0 Å². The molecule has 1 aliphatic heterocycles. The van der Waals surface area contributed by atoms with Crippen molar-refractivity contribution in [3.8, 4) is 11.5 Å². The third-order valence-corrected chi connectivity index (χ3v) is 4.84. The quantitative estimate of drug-likeness (QED) is 0.837. The lowest BCUT2D eigenvalue weighted by Crippen LogP contribution is -2.42. The summed E-state index contributed by atoms with van der Waals surface area (Å²) in [4.78, 5) is 14.9. The number of nitrogens with one attached hydrogen (secondary N) is 1. The second kappa shape index (κ2) is 8.72. The number of methoxy groups -OCH3 is 1. The molecule has 1 heterocycles. The molecule has 26 heavy (non-hydrogen) atoms. The Morgan fingerprint density at radius 2 is 2.04 bits per heavy atom. The largest absolute Gasteiger partial charge is 0.504 e. The number of hydrogen-bond donors (Lipinski definition) is 2. The monoisotopic (exact) mass is 354 g/mol. The normalized spacial score (nSPS) is 17.7. The van der Waals surface area contributed by atoms with Crippen molar-refractivity contribution in [3.05, 3.63) is 59.7 Å². The predicted molar refractivity (Wildman–Crippen MR) is 101 cm³/mol. The minimum absolute atomic E-state index is 0.0199. The number of rotatable bonds is 6. The molecule has 1 amide bonds. The number of carbonyl (C=O) groups excluding carboxylic acids is 1. The Morgan fingerprint density at radius 1 is 1.23 bits per heavy atom. The highest BCUT2D eigenvalue weighted by atomic mass is 16.5. The number of piperidine rings is 1. The fourth-order valence-corrected chi connectivity index (χ4v) is 3.42. The molecular formula is C21H26N2O3. The van der Waals surface area contributed by atoms with Crippen LogP contribution in [0.3, 0.4) is 0 Å². The molecule has 0 radical (unpaired) electrons. The van der Waals surface area contributed by atoms with E-state index in [1.165, 1.54) is 12.7 Å². The lowest BCUT2D eigenvalue weighted by atomic mass is 9.96. The first-order valence-electron chi connectivity index (χ1n) is 9.05. The van der Waals surface area contributed by atoms with Gasteiger partial charge < -0.3 is 15.2 Å². The zero-order valence-electron chi connectivity index (χ0n) is 15.1. The number of ether oxygens (including phenoxy) is 1. The smallest absolute Gasteiger partial charge is 0.224 e. The molecule has 1 saturated heterocycles. The lowest BCUT2D eigenvalue weighted by molar-refractivity contribution is -0.126. The lowest BCUT2D eigenvalue weighted by Gasteiger charge is -2.32. The van der Waals surface area contributed by atoms with Crippen LogP contribution in [-0.4, -0.2) is 36.1 Å². The van der Waals surface area contributed by atoms with E-state index in [1.54, 1.807) is 18.2 Å². The second-order valence-electron chi connectivity index (χ2n) is 6.78. The van der Waals surface area contributed by atoms with Crippen molar-refractivity contribution < 1.29 is 14.6 Å². The molecule has 5 nitrogen and oxygen atoms in total. The minimum atomic E-state index is 0.0199. The third kappa shape index (κ3) is 4.76. The summed E-state index contributed by atoms with van der Waals surface area (Å²) < 4.78 is 5.11. The van der Waals surface area contributed by atoms with E-state index in [1.807, 2.05) is 6.07 Å². The summed E-state index contributed by atoms with van der Waals surface area (Å²) in [5, 5.41) is 12.7. The van der Waals surface area contributed by atoms with Gasteiger partial charge in [-0.1, -0.05) is 36.4 Å². The number of benzene rings is 2. The number of amides is 1. The summed E-state index contributed by atoms with van der Waals surface area (Å²) in [6.07, 6.45) is 1.97. The zero-order chi connectivity index (χ0) is 18.4. The Morgan fingerprint density at radius 3 is 2.81 bits per heavy atom. The van der Waals surface area contributed by atoms with Crippen LogP contribution >= 0.6 is 0 Å². The van der Waals surface area contributed by atoms with Gasteiger partial charge in [-0.15, -0.1) is 0 Å². The van der Waals surface area contributed by atoms with Gasteiger partial charge >= 0.3 is 0 Å². The first-order chi connectivity index (χ1) is 12.7. The van der Waals surface area contributed by atoms with Gasteiger partial charge in [-0.3, -0.25) is 9.69 Å². The van der Waals surface area contributed by atoms with Gasteiger partial charge in [0.15, 0.2) is 11.5 Å². The molecule has 0 bridgehead atoms. The van der Waals surface area contributed by atoms with Crippen LogP contribution in [0.4, 0.5) is 0 Å². The molecule has 5 heteroatoms. The number of carbonyl (C=O) groups is 1. The topological polar surface area (TPSA) is 61.8 Å². The highest BCUT2D eigenvalue weighted by molar-refractivity contribution is 5.79. The summed E-state index contributed by atoms with van der Waals surface area (Å²) in [6, 6.07) is 15.5. The zero-order valence-corrected chi connectivity index (χ0v) is 15.1. The fraction of sp³-hybridized carbons (Fsp3) is 0.381. The second-order valence-corrected chi connectivity index (χ2v) is 6.78. The number of likely N-dealkylation sites (tertiary alicyclic amines) is 1. The van der Waals surface area contributed by atoms with E-state index >= 15 is 0 Å². The van der Waals surface area contributed by atoms with Crippen molar-refractivity contribution >= 4 is 5.91 Å². The van der Waals surface area contributed by atoms with Crippen LogP contribution in [0.25, 0.3) is 0 Å². The Hall–Kier alpha value is -2.53. The van der Waals surface area contributed by atoms with Crippen molar-refractivity contribution in [3.63, 3.8) is 0 Å². The molecule has 0 saturated carbocycles. The van der Waals surface area contributed by atoms with E-state index in [2.05, 4.69) is 34.5 Å². The number of phenolic OH excluding ortho intramolecular Hbond substituents is 1.